The van der Waals surface area contributed by atoms with Crippen LogP contribution >= 0.6 is 0 Å². The number of nitrogens with two attached hydrogens (primary N) is 3. The number of hydrogen-bond acceptors (Lipinski definition) is 8. The minimum atomic E-state index is -1.35. The predicted molar refractivity (Wildman–Crippen MR) is 177 cm³/mol. The van der Waals surface area contributed by atoms with E-state index in [0.29, 0.717) is 55.7 Å². The molecule has 3 atom stereocenters. The van der Waals surface area contributed by atoms with Crippen molar-refractivity contribution in [3.8, 4) is 0 Å². The molecule has 0 aliphatic carbocycles. The molecule has 10 N–H and O–H groups in total. The van der Waals surface area contributed by atoms with Crippen molar-refractivity contribution < 1.29 is 28.8 Å². The molecule has 0 bridgehead atoms. The number of hydrogen-bond donors (Lipinski definition) is 7. The Labute approximate surface area is 269 Å². The fraction of sp³-hybridized carbons (Fsp3) is 0.424. The van der Waals surface area contributed by atoms with E-state index in [0.717, 1.165) is 16.5 Å². The number of quaternary nitrogens is 1. The summed E-state index contributed by atoms with van der Waals surface area (Å²) in [6.07, 6.45) is 2.49. The van der Waals surface area contributed by atoms with Gasteiger partial charge in [0.25, 0.3) is 0 Å². The molecule has 0 spiro atoms. The Kier molecular flexibility index (Phi) is 14.0. The van der Waals surface area contributed by atoms with Gasteiger partial charge >= 0.3 is 5.97 Å². The summed E-state index contributed by atoms with van der Waals surface area (Å²) in [7, 11) is 2.03. The van der Waals surface area contributed by atoms with Crippen LogP contribution in [-0.4, -0.2) is 96.2 Å². The molecule has 3 aromatic rings. The van der Waals surface area contributed by atoms with Crippen LogP contribution in [0.2, 0.25) is 0 Å². The van der Waals surface area contributed by atoms with Gasteiger partial charge in [-0.15, -0.1) is 0 Å². The molecular weight excluding hydrogens is 588 g/mol. The lowest BCUT2D eigenvalue weighted by Gasteiger charge is -2.34. The first-order chi connectivity index (χ1) is 22.0. The minimum absolute atomic E-state index is 0.224. The zero-order chi connectivity index (χ0) is 33.5. The smallest absolute Gasteiger partial charge is 0.305 e. The van der Waals surface area contributed by atoms with Gasteiger partial charge in [0.2, 0.25) is 17.7 Å². The van der Waals surface area contributed by atoms with E-state index in [2.05, 4.69) is 20.9 Å². The minimum Gasteiger partial charge on any atom is -0.481 e. The molecule has 0 radical (unpaired) electrons. The Hall–Kier alpha value is -4.43. The van der Waals surface area contributed by atoms with Crippen molar-refractivity contribution in [3.63, 3.8) is 0 Å². The number of rotatable bonds is 19. The SMILES string of the molecule is C[N+](CCN)(CCN)CCC[C@H](NC(=O)[C@@H](N)CC(=O)O)C(=O)N[C@@H](CCc1ccccc1)C(=O)Nc1cnc2ccccc2c1. The topological polar surface area (TPSA) is 216 Å². The average Bonchev–Trinajstić information content (AvgIpc) is 3.02. The predicted octanol–water partition coefficient (Wildman–Crippen LogP) is 0.722. The third-order valence-electron chi connectivity index (χ3n) is 7.95. The number of carbonyl (C=O) groups excluding carboxylic acids is 3. The second kappa shape index (κ2) is 17.9. The van der Waals surface area contributed by atoms with Gasteiger partial charge in [0, 0.05) is 18.5 Å². The molecule has 1 heterocycles. The summed E-state index contributed by atoms with van der Waals surface area (Å²) < 4.78 is 0.593. The fourth-order valence-corrected chi connectivity index (χ4v) is 5.33. The first kappa shape index (κ1) is 36.0. The quantitative estimate of drug-likeness (QED) is 0.0923. The van der Waals surface area contributed by atoms with Crippen LogP contribution in [0.1, 0.15) is 31.2 Å². The van der Waals surface area contributed by atoms with E-state index in [4.69, 9.17) is 22.3 Å². The lowest BCUT2D eigenvalue weighted by Crippen LogP contribution is -2.56. The van der Waals surface area contributed by atoms with E-state index in [1.807, 2.05) is 61.6 Å². The highest BCUT2D eigenvalue weighted by Crippen LogP contribution is 2.17. The number of fused-ring (bicyclic) bond motifs is 1. The van der Waals surface area contributed by atoms with Crippen molar-refractivity contribution in [2.75, 3.05) is 45.1 Å². The Balaban J connectivity index is 1.80. The summed E-state index contributed by atoms with van der Waals surface area (Å²) in [4.78, 5) is 55.8. The van der Waals surface area contributed by atoms with Gasteiger partial charge in [-0.25, -0.2) is 0 Å². The summed E-state index contributed by atoms with van der Waals surface area (Å²) in [5, 5.41) is 18.3. The monoisotopic (exact) mass is 635 g/mol. The number of aryl methyl sites for hydroxylation is 1. The Morgan fingerprint density at radius 3 is 2.15 bits per heavy atom. The third kappa shape index (κ3) is 11.5. The molecule has 0 unspecified atom stereocenters. The molecular formula is C33H47N8O5+. The van der Waals surface area contributed by atoms with Gasteiger partial charge < -0.3 is 42.7 Å². The second-order valence-corrected chi connectivity index (χ2v) is 11.8. The molecule has 248 valence electrons. The van der Waals surface area contributed by atoms with Crippen molar-refractivity contribution in [3.05, 3.63) is 72.4 Å². The molecule has 0 saturated heterocycles. The second-order valence-electron chi connectivity index (χ2n) is 11.8. The van der Waals surface area contributed by atoms with Gasteiger partial charge in [-0.1, -0.05) is 48.5 Å². The highest BCUT2D eigenvalue weighted by molar-refractivity contribution is 5.99. The van der Waals surface area contributed by atoms with E-state index >= 15 is 0 Å². The maximum atomic E-state index is 13.8. The molecule has 13 nitrogen and oxygen atoms in total. The molecule has 46 heavy (non-hydrogen) atoms. The van der Waals surface area contributed by atoms with Gasteiger partial charge in [-0.05, 0) is 43.4 Å². The first-order valence-corrected chi connectivity index (χ1v) is 15.5. The van der Waals surface area contributed by atoms with E-state index < -0.39 is 48.2 Å². The van der Waals surface area contributed by atoms with Crippen LogP contribution in [-0.2, 0) is 25.6 Å². The van der Waals surface area contributed by atoms with Crippen molar-refractivity contribution in [2.45, 2.75) is 50.2 Å². The van der Waals surface area contributed by atoms with Crippen LogP contribution in [0.15, 0.2) is 66.9 Å². The van der Waals surface area contributed by atoms with Gasteiger partial charge in [0.05, 0.1) is 56.5 Å². The number of aromatic nitrogens is 1. The van der Waals surface area contributed by atoms with Crippen LogP contribution in [0.25, 0.3) is 10.9 Å². The summed E-state index contributed by atoms with van der Waals surface area (Å²) in [6.45, 7) is 2.95. The third-order valence-corrected chi connectivity index (χ3v) is 7.95. The van der Waals surface area contributed by atoms with Crippen molar-refractivity contribution in [1.29, 1.82) is 0 Å². The standard InChI is InChI=1S/C33H46N8O5/c1-41(18-15-34,19-16-35)17-7-12-28(39-31(44)26(36)21-30(42)43)33(46)40-29(14-13-23-8-3-2-4-9-23)32(45)38-25-20-24-10-5-6-11-27(24)37-22-25/h2-6,8-11,20,22,26,28-29H,7,12-19,21,34-36H2,1H3,(H3-,38,39,40,42,43,44,45,46)/p+1/t26-,28-,29-/m0/s1. The number of carbonyl (C=O) groups is 4. The van der Waals surface area contributed by atoms with E-state index in [-0.39, 0.29) is 12.8 Å². The summed E-state index contributed by atoms with van der Waals surface area (Å²) in [5.74, 6) is -3.02. The molecule has 1 aromatic heterocycles. The van der Waals surface area contributed by atoms with Gasteiger partial charge in [-0.3, -0.25) is 24.2 Å². The lowest BCUT2D eigenvalue weighted by molar-refractivity contribution is -0.907. The van der Waals surface area contributed by atoms with Crippen LogP contribution in [0.5, 0.6) is 0 Å². The van der Waals surface area contributed by atoms with Gasteiger partial charge in [0.1, 0.15) is 12.1 Å². The van der Waals surface area contributed by atoms with Crippen LogP contribution < -0.4 is 33.2 Å². The van der Waals surface area contributed by atoms with Crippen LogP contribution in [0.4, 0.5) is 5.69 Å². The Morgan fingerprint density at radius 1 is 0.848 bits per heavy atom. The molecule has 0 fully saturated rings. The molecule has 3 rings (SSSR count). The van der Waals surface area contributed by atoms with Gasteiger partial charge in [-0.2, -0.15) is 0 Å². The highest BCUT2D eigenvalue weighted by Gasteiger charge is 2.30. The maximum absolute atomic E-state index is 13.8. The summed E-state index contributed by atoms with van der Waals surface area (Å²) in [5.41, 5.74) is 19.7. The maximum Gasteiger partial charge on any atom is 0.305 e. The number of anilines is 1. The summed E-state index contributed by atoms with van der Waals surface area (Å²) in [6, 6.07) is 15.5. The molecule has 0 aliphatic heterocycles. The van der Waals surface area contributed by atoms with E-state index in [9.17, 15) is 19.2 Å². The Morgan fingerprint density at radius 2 is 1.48 bits per heavy atom. The molecule has 0 saturated carbocycles. The van der Waals surface area contributed by atoms with Crippen LogP contribution in [0, 0.1) is 0 Å². The zero-order valence-electron chi connectivity index (χ0n) is 26.4. The number of carboxylic acid groups (broad SMARTS) is 1. The molecule has 2 aromatic carbocycles. The molecule has 13 heteroatoms. The number of aliphatic carboxylic acids is 1. The van der Waals surface area contributed by atoms with E-state index in [1.165, 1.54) is 0 Å². The number of benzene rings is 2. The molecule has 3 amide bonds. The lowest BCUT2D eigenvalue weighted by atomic mass is 10.0. The van der Waals surface area contributed by atoms with Crippen molar-refractivity contribution >= 4 is 40.3 Å². The number of nitrogens with one attached hydrogen (secondary N) is 3. The number of amides is 3. The van der Waals surface area contributed by atoms with E-state index in [1.54, 1.807) is 12.3 Å². The number of pyridine rings is 1. The fourth-order valence-electron chi connectivity index (χ4n) is 5.33. The largest absolute Gasteiger partial charge is 0.481 e. The normalized spacial score (nSPS) is 13.4. The van der Waals surface area contributed by atoms with Crippen molar-refractivity contribution in [2.24, 2.45) is 17.2 Å². The summed E-state index contributed by atoms with van der Waals surface area (Å²) >= 11 is 0. The zero-order valence-corrected chi connectivity index (χ0v) is 26.4. The molecule has 0 aliphatic rings. The first-order valence-electron chi connectivity index (χ1n) is 15.5. The van der Waals surface area contributed by atoms with Gasteiger partial charge in [0.15, 0.2) is 0 Å². The highest BCUT2D eigenvalue weighted by atomic mass is 16.4. The number of nitrogens with zero attached hydrogens (tertiary/aromatic N) is 2. The Bertz CT molecular complexity index is 1450. The number of likely N-dealkylation sites (N-methyl/N-ethyl adjacent to an activating group) is 1. The number of carboxylic acids is 1. The average molecular weight is 636 g/mol. The van der Waals surface area contributed by atoms with Crippen molar-refractivity contribution in [1.82, 2.24) is 15.6 Å². The number of para-hydroxylation sites is 1. The van der Waals surface area contributed by atoms with Crippen LogP contribution in [0.3, 0.4) is 0 Å².